The number of piperazine rings is 1. The van der Waals surface area contributed by atoms with E-state index in [1.807, 2.05) is 47.4 Å². The molecule has 1 saturated heterocycles. The molecule has 0 radical (unpaired) electrons. The van der Waals surface area contributed by atoms with Crippen molar-refractivity contribution >= 4 is 28.4 Å². The third-order valence-electron chi connectivity index (χ3n) is 7.05. The van der Waals surface area contributed by atoms with E-state index in [0.29, 0.717) is 13.2 Å². The monoisotopic (exact) mass is 501 g/mol. The molecule has 0 unspecified atom stereocenters. The van der Waals surface area contributed by atoms with Crippen molar-refractivity contribution in [3.05, 3.63) is 94.6 Å². The number of ether oxygens (including phenoxy) is 2. The smallest absolute Gasteiger partial charge is 0.231 e. The highest BCUT2D eigenvalue weighted by atomic mass is 35.5. The van der Waals surface area contributed by atoms with E-state index in [1.165, 1.54) is 11.1 Å². The van der Waals surface area contributed by atoms with Crippen LogP contribution in [0.1, 0.15) is 16.7 Å². The van der Waals surface area contributed by atoms with E-state index in [4.69, 9.17) is 21.1 Å². The molecule has 0 aliphatic carbocycles. The number of carbonyl (C=O) groups excluding carboxylic acids is 1. The molecule has 1 aromatic heterocycles. The maximum Gasteiger partial charge on any atom is 0.231 e. The molecule has 0 bridgehead atoms. The maximum absolute atomic E-state index is 13.3. The first-order valence-corrected chi connectivity index (χ1v) is 12.7. The predicted octanol–water partition coefficient (Wildman–Crippen LogP) is 4.96. The van der Waals surface area contributed by atoms with Gasteiger partial charge in [0.05, 0.1) is 6.42 Å². The van der Waals surface area contributed by atoms with Gasteiger partial charge in [0.1, 0.15) is 0 Å². The number of hydrogen-bond acceptors (Lipinski definition) is 4. The largest absolute Gasteiger partial charge is 0.454 e. The van der Waals surface area contributed by atoms with E-state index >= 15 is 0 Å². The van der Waals surface area contributed by atoms with E-state index in [1.54, 1.807) is 0 Å². The van der Waals surface area contributed by atoms with Crippen LogP contribution in [-0.4, -0.2) is 53.2 Å². The van der Waals surface area contributed by atoms with Gasteiger partial charge in [0.2, 0.25) is 12.7 Å². The molecule has 0 saturated carbocycles. The second-order valence-corrected chi connectivity index (χ2v) is 9.88. The Kier molecular flexibility index (Phi) is 6.30. The topological polar surface area (TPSA) is 46.9 Å². The number of aromatic nitrogens is 1. The van der Waals surface area contributed by atoms with Gasteiger partial charge in [-0.1, -0.05) is 48.0 Å². The van der Waals surface area contributed by atoms with Crippen molar-refractivity contribution < 1.29 is 14.3 Å². The highest BCUT2D eigenvalue weighted by Crippen LogP contribution is 2.33. The third-order valence-corrected chi connectivity index (χ3v) is 7.30. The zero-order valence-electron chi connectivity index (χ0n) is 20.0. The molecule has 2 aliphatic heterocycles. The summed E-state index contributed by atoms with van der Waals surface area (Å²) in [7, 11) is 0. The fraction of sp³-hybridized carbons (Fsp3) is 0.276. The number of para-hydroxylation sites is 1. The molecule has 36 heavy (non-hydrogen) atoms. The van der Waals surface area contributed by atoms with E-state index < -0.39 is 0 Å². The Hall–Kier alpha value is -3.48. The Morgan fingerprint density at radius 1 is 0.833 bits per heavy atom. The van der Waals surface area contributed by atoms with Crippen LogP contribution in [0.3, 0.4) is 0 Å². The van der Waals surface area contributed by atoms with Gasteiger partial charge in [0.15, 0.2) is 11.5 Å². The summed E-state index contributed by atoms with van der Waals surface area (Å²) in [6.07, 6.45) is 2.54. The maximum atomic E-state index is 13.3. The van der Waals surface area contributed by atoms with Crippen molar-refractivity contribution in [2.45, 2.75) is 19.5 Å². The molecule has 0 spiro atoms. The summed E-state index contributed by atoms with van der Waals surface area (Å²) < 4.78 is 13.1. The number of hydrogen-bond donors (Lipinski definition) is 0. The minimum atomic E-state index is 0.187. The average molecular weight is 502 g/mol. The van der Waals surface area contributed by atoms with Gasteiger partial charge < -0.3 is 18.9 Å². The van der Waals surface area contributed by atoms with Crippen molar-refractivity contribution in [1.29, 1.82) is 0 Å². The van der Waals surface area contributed by atoms with Crippen LogP contribution in [0.15, 0.2) is 72.9 Å². The van der Waals surface area contributed by atoms with E-state index in [9.17, 15) is 4.79 Å². The fourth-order valence-corrected chi connectivity index (χ4v) is 5.23. The number of benzene rings is 3. The minimum Gasteiger partial charge on any atom is -0.454 e. The van der Waals surface area contributed by atoms with Crippen LogP contribution in [0, 0.1) is 0 Å². The van der Waals surface area contributed by atoms with Gasteiger partial charge in [-0.15, -0.1) is 0 Å². The molecule has 3 heterocycles. The quantitative estimate of drug-likeness (QED) is 0.375. The van der Waals surface area contributed by atoms with E-state index in [2.05, 4.69) is 39.9 Å². The number of halogens is 1. The van der Waals surface area contributed by atoms with Crippen molar-refractivity contribution in [2.75, 3.05) is 33.0 Å². The van der Waals surface area contributed by atoms with Gasteiger partial charge in [0, 0.05) is 61.4 Å². The van der Waals surface area contributed by atoms with E-state index in [-0.39, 0.29) is 5.91 Å². The van der Waals surface area contributed by atoms with Crippen LogP contribution in [0.5, 0.6) is 11.5 Å². The van der Waals surface area contributed by atoms with Crippen molar-refractivity contribution in [3.8, 4) is 11.5 Å². The minimum absolute atomic E-state index is 0.187. The van der Waals surface area contributed by atoms with Gasteiger partial charge in [-0.3, -0.25) is 9.69 Å². The standard InChI is InChI=1S/C29H28ClN3O3/c30-24-8-5-21(6-9-24)18-33-19-23(25-3-1-2-4-26(25)33)16-29(34)32-13-11-31(12-14-32)17-22-7-10-27-28(15-22)36-20-35-27/h1-10,15,19H,11-14,16-18,20H2. The summed E-state index contributed by atoms with van der Waals surface area (Å²) in [6, 6.07) is 22.4. The Morgan fingerprint density at radius 3 is 2.42 bits per heavy atom. The molecule has 1 amide bonds. The number of fused-ring (bicyclic) bond motifs is 2. The van der Waals surface area contributed by atoms with Gasteiger partial charge in [-0.25, -0.2) is 0 Å². The lowest BCUT2D eigenvalue weighted by molar-refractivity contribution is -0.132. The highest BCUT2D eigenvalue weighted by molar-refractivity contribution is 6.30. The Balaban J connectivity index is 1.10. The zero-order valence-corrected chi connectivity index (χ0v) is 20.8. The number of rotatable bonds is 6. The lowest BCUT2D eigenvalue weighted by atomic mass is 10.1. The van der Waals surface area contributed by atoms with Gasteiger partial charge in [0.25, 0.3) is 0 Å². The lowest BCUT2D eigenvalue weighted by Gasteiger charge is -2.34. The second-order valence-electron chi connectivity index (χ2n) is 9.45. The van der Waals surface area contributed by atoms with Crippen molar-refractivity contribution in [3.63, 3.8) is 0 Å². The summed E-state index contributed by atoms with van der Waals surface area (Å²) in [5, 5.41) is 1.87. The average Bonchev–Trinajstić information content (AvgIpc) is 3.50. The first-order chi connectivity index (χ1) is 17.6. The molecular weight excluding hydrogens is 474 g/mol. The summed E-state index contributed by atoms with van der Waals surface area (Å²) >= 11 is 6.05. The molecule has 7 heteroatoms. The number of carbonyl (C=O) groups is 1. The molecule has 2 aliphatic rings. The molecule has 1 fully saturated rings. The summed E-state index contributed by atoms with van der Waals surface area (Å²) in [6.45, 7) is 5.08. The van der Waals surface area contributed by atoms with Crippen molar-refractivity contribution in [1.82, 2.24) is 14.4 Å². The predicted molar refractivity (Wildman–Crippen MR) is 141 cm³/mol. The van der Waals surface area contributed by atoms with Crippen LogP contribution < -0.4 is 9.47 Å². The number of nitrogens with zero attached hydrogens (tertiary/aromatic N) is 3. The molecular formula is C29H28ClN3O3. The van der Waals surface area contributed by atoms with Gasteiger partial charge in [-0.05, 0) is 47.0 Å². The molecule has 0 N–H and O–H groups in total. The van der Waals surface area contributed by atoms with Crippen molar-refractivity contribution in [2.24, 2.45) is 0 Å². The van der Waals surface area contributed by atoms with Crippen LogP contribution in [0.2, 0.25) is 5.02 Å². The Labute approximate surface area is 215 Å². The van der Waals surface area contributed by atoms with Crippen LogP contribution in [0.25, 0.3) is 10.9 Å². The molecule has 3 aromatic carbocycles. The SMILES string of the molecule is O=C(Cc1cn(Cc2ccc(Cl)cc2)c2ccccc12)N1CCN(Cc2ccc3c(c2)OCO3)CC1. The summed E-state index contributed by atoms with van der Waals surface area (Å²) in [5.41, 5.74) is 4.60. The Morgan fingerprint density at radius 2 is 1.58 bits per heavy atom. The molecule has 6 nitrogen and oxygen atoms in total. The fourth-order valence-electron chi connectivity index (χ4n) is 5.11. The molecule has 184 valence electrons. The second kappa shape index (κ2) is 9.88. The van der Waals surface area contributed by atoms with Crippen LogP contribution in [0.4, 0.5) is 0 Å². The molecule has 4 aromatic rings. The van der Waals surface area contributed by atoms with E-state index in [0.717, 1.165) is 72.3 Å². The molecule has 6 rings (SSSR count). The van der Waals surface area contributed by atoms with Crippen LogP contribution in [-0.2, 0) is 24.3 Å². The molecule has 0 atom stereocenters. The third kappa shape index (κ3) is 4.79. The summed E-state index contributed by atoms with van der Waals surface area (Å²) in [4.78, 5) is 17.7. The van der Waals surface area contributed by atoms with Gasteiger partial charge >= 0.3 is 0 Å². The first-order valence-electron chi connectivity index (χ1n) is 12.3. The number of amides is 1. The highest BCUT2D eigenvalue weighted by Gasteiger charge is 2.23. The summed E-state index contributed by atoms with van der Waals surface area (Å²) in [5.74, 6) is 1.81. The zero-order chi connectivity index (χ0) is 24.5. The normalized spacial score (nSPS) is 15.5. The van der Waals surface area contributed by atoms with Gasteiger partial charge in [-0.2, -0.15) is 0 Å². The lowest BCUT2D eigenvalue weighted by Crippen LogP contribution is -2.48. The first kappa shape index (κ1) is 23.0. The van der Waals surface area contributed by atoms with Crippen LogP contribution >= 0.6 is 11.6 Å². The Bertz CT molecular complexity index is 1390.